The number of halogens is 1. The maximum atomic E-state index is 12.1. The average molecular weight is 303 g/mol. The van der Waals surface area contributed by atoms with Gasteiger partial charge in [-0.25, -0.2) is 0 Å². The van der Waals surface area contributed by atoms with E-state index in [1.165, 1.54) is 38.5 Å². The van der Waals surface area contributed by atoms with Gasteiger partial charge in [-0.2, -0.15) is 0 Å². The summed E-state index contributed by atoms with van der Waals surface area (Å²) < 4.78 is 0. The molecule has 2 N–H and O–H groups in total. The van der Waals surface area contributed by atoms with Crippen LogP contribution in [-0.2, 0) is 4.79 Å². The first-order valence-corrected chi connectivity index (χ1v) is 8.24. The zero-order chi connectivity index (χ0) is 13.5. The van der Waals surface area contributed by atoms with Crippen molar-refractivity contribution in [1.29, 1.82) is 0 Å². The molecule has 20 heavy (non-hydrogen) atoms. The third kappa shape index (κ3) is 6.01. The topological polar surface area (TPSA) is 41.1 Å². The molecule has 0 bridgehead atoms. The number of hydrogen-bond acceptors (Lipinski definition) is 2. The zero-order valence-electron chi connectivity index (χ0n) is 12.8. The van der Waals surface area contributed by atoms with E-state index in [4.69, 9.17) is 0 Å². The Morgan fingerprint density at radius 2 is 1.95 bits per heavy atom. The van der Waals surface area contributed by atoms with Gasteiger partial charge in [0.05, 0.1) is 0 Å². The van der Waals surface area contributed by atoms with Crippen LogP contribution in [0.25, 0.3) is 0 Å². The highest BCUT2D eigenvalue weighted by atomic mass is 35.5. The Bertz CT molecular complexity index is 274. The zero-order valence-corrected chi connectivity index (χ0v) is 13.6. The number of carbonyl (C=O) groups is 1. The minimum absolute atomic E-state index is 0. The predicted octanol–water partition coefficient (Wildman–Crippen LogP) is 3.13. The lowest BCUT2D eigenvalue weighted by molar-refractivity contribution is -0.125. The summed E-state index contributed by atoms with van der Waals surface area (Å²) in [6.07, 6.45) is 10.3. The van der Waals surface area contributed by atoms with Crippen LogP contribution in [0.5, 0.6) is 0 Å². The molecule has 1 aliphatic carbocycles. The van der Waals surface area contributed by atoms with Crippen LogP contribution in [0.2, 0.25) is 0 Å². The first-order valence-electron chi connectivity index (χ1n) is 8.24. The first-order chi connectivity index (χ1) is 9.25. The summed E-state index contributed by atoms with van der Waals surface area (Å²) in [5, 5.41) is 6.51. The molecule has 0 spiro atoms. The molecule has 3 nitrogen and oxygen atoms in total. The van der Waals surface area contributed by atoms with Gasteiger partial charge in [0.15, 0.2) is 0 Å². The van der Waals surface area contributed by atoms with Gasteiger partial charge in [0.25, 0.3) is 0 Å². The predicted molar refractivity (Wildman–Crippen MR) is 86.2 cm³/mol. The van der Waals surface area contributed by atoms with E-state index in [1.54, 1.807) is 0 Å². The Kier molecular flexibility index (Phi) is 8.55. The lowest BCUT2D eigenvalue weighted by Gasteiger charge is -2.24. The van der Waals surface area contributed by atoms with Crippen molar-refractivity contribution in [3.63, 3.8) is 0 Å². The van der Waals surface area contributed by atoms with Gasteiger partial charge in [0.2, 0.25) is 5.91 Å². The fourth-order valence-corrected chi connectivity index (χ4v) is 3.56. The molecule has 1 heterocycles. The largest absolute Gasteiger partial charge is 0.356 e. The van der Waals surface area contributed by atoms with Crippen molar-refractivity contribution in [3.8, 4) is 0 Å². The van der Waals surface area contributed by atoms with E-state index in [-0.39, 0.29) is 24.2 Å². The molecule has 118 valence electrons. The van der Waals surface area contributed by atoms with Crippen LogP contribution in [0.1, 0.15) is 58.3 Å². The standard InChI is InChI=1S/C16H30N2O.ClH/c1-13(11-14-5-3-2-4-6-14)16(19)18-10-8-15-7-9-17-12-15;/h13-15,17H,2-12H2,1H3,(H,18,19);1H. The van der Waals surface area contributed by atoms with E-state index < -0.39 is 0 Å². The van der Waals surface area contributed by atoms with Crippen molar-refractivity contribution in [2.75, 3.05) is 19.6 Å². The molecular formula is C16H31ClN2O. The Balaban J connectivity index is 0.00000200. The lowest BCUT2D eigenvalue weighted by Crippen LogP contribution is -2.32. The maximum Gasteiger partial charge on any atom is 0.222 e. The number of nitrogens with one attached hydrogen (secondary N) is 2. The van der Waals surface area contributed by atoms with Gasteiger partial charge >= 0.3 is 0 Å². The molecule has 1 aliphatic heterocycles. The molecule has 1 saturated carbocycles. The quantitative estimate of drug-likeness (QED) is 0.791. The van der Waals surface area contributed by atoms with Crippen LogP contribution in [0.15, 0.2) is 0 Å². The first kappa shape index (κ1) is 17.8. The molecule has 0 aromatic heterocycles. The number of rotatable bonds is 6. The molecule has 0 aromatic rings. The van der Waals surface area contributed by atoms with E-state index in [1.807, 2.05) is 0 Å². The molecular weight excluding hydrogens is 272 g/mol. The van der Waals surface area contributed by atoms with Gasteiger partial charge in [-0.05, 0) is 44.2 Å². The molecule has 2 fully saturated rings. The second kappa shape index (κ2) is 9.62. The van der Waals surface area contributed by atoms with Crippen LogP contribution in [-0.4, -0.2) is 25.5 Å². The summed E-state index contributed by atoms with van der Waals surface area (Å²) >= 11 is 0. The summed E-state index contributed by atoms with van der Waals surface area (Å²) in [4.78, 5) is 12.1. The van der Waals surface area contributed by atoms with E-state index in [2.05, 4.69) is 17.6 Å². The van der Waals surface area contributed by atoms with Gasteiger partial charge in [-0.15, -0.1) is 12.4 Å². The third-order valence-electron chi connectivity index (χ3n) is 4.87. The van der Waals surface area contributed by atoms with Gasteiger partial charge in [0.1, 0.15) is 0 Å². The van der Waals surface area contributed by atoms with Crippen molar-refractivity contribution in [3.05, 3.63) is 0 Å². The van der Waals surface area contributed by atoms with Crippen molar-refractivity contribution >= 4 is 18.3 Å². The summed E-state index contributed by atoms with van der Waals surface area (Å²) in [6, 6.07) is 0. The van der Waals surface area contributed by atoms with Crippen LogP contribution in [0.3, 0.4) is 0 Å². The summed E-state index contributed by atoms with van der Waals surface area (Å²) in [7, 11) is 0. The van der Waals surface area contributed by atoms with Gasteiger partial charge in [0, 0.05) is 12.5 Å². The smallest absolute Gasteiger partial charge is 0.222 e. The fourth-order valence-electron chi connectivity index (χ4n) is 3.56. The van der Waals surface area contributed by atoms with Crippen molar-refractivity contribution in [2.24, 2.45) is 17.8 Å². The molecule has 1 amide bonds. The van der Waals surface area contributed by atoms with Crippen LogP contribution in [0.4, 0.5) is 0 Å². The minimum Gasteiger partial charge on any atom is -0.356 e. The molecule has 2 rings (SSSR count). The average Bonchev–Trinajstić information content (AvgIpc) is 2.93. The Morgan fingerprint density at radius 3 is 2.60 bits per heavy atom. The molecule has 0 radical (unpaired) electrons. The van der Waals surface area contributed by atoms with E-state index in [0.717, 1.165) is 44.3 Å². The molecule has 0 aromatic carbocycles. The minimum atomic E-state index is 0. The number of carbonyl (C=O) groups excluding carboxylic acids is 1. The van der Waals surface area contributed by atoms with Crippen LogP contribution in [0, 0.1) is 17.8 Å². The highest BCUT2D eigenvalue weighted by Crippen LogP contribution is 2.29. The lowest BCUT2D eigenvalue weighted by atomic mass is 9.83. The summed E-state index contributed by atoms with van der Waals surface area (Å²) in [5.41, 5.74) is 0. The van der Waals surface area contributed by atoms with Gasteiger partial charge in [-0.3, -0.25) is 4.79 Å². The Hall–Kier alpha value is -0.280. The Labute approximate surface area is 130 Å². The van der Waals surface area contributed by atoms with Crippen LogP contribution >= 0.6 is 12.4 Å². The van der Waals surface area contributed by atoms with Crippen molar-refractivity contribution in [1.82, 2.24) is 10.6 Å². The van der Waals surface area contributed by atoms with E-state index >= 15 is 0 Å². The van der Waals surface area contributed by atoms with Gasteiger partial charge < -0.3 is 10.6 Å². The number of hydrogen-bond donors (Lipinski definition) is 2. The van der Waals surface area contributed by atoms with Crippen molar-refractivity contribution < 1.29 is 4.79 Å². The molecule has 1 saturated heterocycles. The highest BCUT2D eigenvalue weighted by molar-refractivity contribution is 5.85. The van der Waals surface area contributed by atoms with E-state index in [0.29, 0.717) is 0 Å². The number of amides is 1. The Morgan fingerprint density at radius 1 is 1.20 bits per heavy atom. The van der Waals surface area contributed by atoms with Crippen molar-refractivity contribution in [2.45, 2.75) is 58.3 Å². The fraction of sp³-hybridized carbons (Fsp3) is 0.938. The van der Waals surface area contributed by atoms with E-state index in [9.17, 15) is 4.79 Å². The molecule has 2 unspecified atom stereocenters. The maximum absolute atomic E-state index is 12.1. The second-order valence-electron chi connectivity index (χ2n) is 6.58. The molecule has 4 heteroatoms. The van der Waals surface area contributed by atoms with Crippen LogP contribution < -0.4 is 10.6 Å². The second-order valence-corrected chi connectivity index (χ2v) is 6.58. The SMILES string of the molecule is CC(CC1CCCCC1)C(=O)NCCC1CCNC1.Cl. The third-order valence-corrected chi connectivity index (χ3v) is 4.87. The molecule has 2 atom stereocenters. The molecule has 2 aliphatic rings. The highest BCUT2D eigenvalue weighted by Gasteiger charge is 2.21. The van der Waals surface area contributed by atoms with Gasteiger partial charge in [-0.1, -0.05) is 39.0 Å². The normalized spacial score (nSPS) is 24.9. The summed E-state index contributed by atoms with van der Waals surface area (Å²) in [6.45, 7) is 5.24. The summed E-state index contributed by atoms with van der Waals surface area (Å²) in [5.74, 6) is 2.05. The monoisotopic (exact) mass is 302 g/mol.